The molecule has 4 heteroatoms. The molecule has 22 heavy (non-hydrogen) atoms. The Kier molecular flexibility index (Phi) is 4.48. The van der Waals surface area contributed by atoms with Gasteiger partial charge in [-0.25, -0.2) is 0 Å². The van der Waals surface area contributed by atoms with Crippen LogP contribution < -0.4 is 5.73 Å². The summed E-state index contributed by atoms with van der Waals surface area (Å²) in [5, 5.41) is 1.40. The van der Waals surface area contributed by atoms with Gasteiger partial charge in [0.15, 0.2) is 0 Å². The highest BCUT2D eigenvalue weighted by molar-refractivity contribution is 5.85. The minimum absolute atomic E-state index is 0.188. The summed E-state index contributed by atoms with van der Waals surface area (Å²) in [5.41, 5.74) is 9.57. The summed E-state index contributed by atoms with van der Waals surface area (Å²) < 4.78 is 2.50. The maximum absolute atomic E-state index is 10.8. The molecule has 2 heterocycles. The predicted molar refractivity (Wildman–Crippen MR) is 89.6 cm³/mol. The minimum atomic E-state index is -0.188. The molecule has 1 aliphatic heterocycles. The van der Waals surface area contributed by atoms with Gasteiger partial charge in [0.05, 0.1) is 0 Å². The first-order valence-electron chi connectivity index (χ1n) is 8.22. The summed E-state index contributed by atoms with van der Waals surface area (Å²) in [7, 11) is 2.19. The van der Waals surface area contributed by atoms with Crippen LogP contribution in [0.1, 0.15) is 36.9 Å². The third-order valence-electron chi connectivity index (χ3n) is 4.66. The topological polar surface area (TPSA) is 51.3 Å². The first-order valence-corrected chi connectivity index (χ1v) is 8.22. The number of fused-ring (bicyclic) bond motifs is 3. The van der Waals surface area contributed by atoms with Gasteiger partial charge in [-0.2, -0.15) is 0 Å². The van der Waals surface area contributed by atoms with E-state index in [1.807, 2.05) is 0 Å². The first kappa shape index (κ1) is 15.1. The number of amides is 1. The number of benzene rings is 1. The number of carbonyl (C=O) groups is 1. The number of nitrogens with zero attached hydrogens (tertiary/aromatic N) is 2. The van der Waals surface area contributed by atoms with Crippen LogP contribution in [0.25, 0.3) is 10.9 Å². The number of primary amides is 1. The SMILES string of the molecule is CN1CCc2c(c3ccccc3n2CCCCCC(N)=O)C1. The van der Waals surface area contributed by atoms with E-state index in [1.165, 1.54) is 22.2 Å². The second-order valence-electron chi connectivity index (χ2n) is 6.36. The van der Waals surface area contributed by atoms with Crippen LogP contribution in [0.5, 0.6) is 0 Å². The standard InChI is InChI=1S/C18H25N3O/c1-20-12-10-17-15(13-20)14-7-4-5-8-16(14)21(17)11-6-2-3-9-18(19)22/h4-5,7-8H,2-3,6,9-13H2,1H3,(H2,19,22). The van der Waals surface area contributed by atoms with Gasteiger partial charge in [-0.3, -0.25) is 4.79 Å². The Bertz CT molecular complexity index is 674. The maximum Gasteiger partial charge on any atom is 0.217 e. The Morgan fingerprint density at radius 2 is 2.05 bits per heavy atom. The van der Waals surface area contributed by atoms with Crippen molar-refractivity contribution in [1.82, 2.24) is 9.47 Å². The molecular weight excluding hydrogens is 274 g/mol. The molecule has 3 rings (SSSR count). The lowest BCUT2D eigenvalue weighted by Crippen LogP contribution is -2.27. The number of hydrogen-bond donors (Lipinski definition) is 1. The summed E-state index contributed by atoms with van der Waals surface area (Å²) >= 11 is 0. The van der Waals surface area contributed by atoms with Crippen LogP contribution in [-0.2, 0) is 24.3 Å². The molecule has 0 spiro atoms. The fourth-order valence-electron chi connectivity index (χ4n) is 3.54. The summed E-state index contributed by atoms with van der Waals surface area (Å²) in [5.74, 6) is -0.188. The van der Waals surface area contributed by atoms with E-state index in [0.717, 1.165) is 45.3 Å². The van der Waals surface area contributed by atoms with E-state index >= 15 is 0 Å². The molecule has 0 radical (unpaired) electrons. The van der Waals surface area contributed by atoms with E-state index in [2.05, 4.69) is 40.8 Å². The molecule has 1 aromatic heterocycles. The molecule has 1 amide bonds. The number of unbranched alkanes of at least 4 members (excludes halogenated alkanes) is 2. The number of para-hydroxylation sites is 1. The van der Waals surface area contributed by atoms with Gasteiger partial charge >= 0.3 is 0 Å². The number of nitrogens with two attached hydrogens (primary N) is 1. The fourth-order valence-corrected chi connectivity index (χ4v) is 3.54. The van der Waals surface area contributed by atoms with Crippen LogP contribution >= 0.6 is 0 Å². The normalized spacial score (nSPS) is 15.1. The Hall–Kier alpha value is -1.81. The zero-order valence-corrected chi connectivity index (χ0v) is 13.3. The van der Waals surface area contributed by atoms with Crippen molar-refractivity contribution in [2.75, 3.05) is 13.6 Å². The lowest BCUT2D eigenvalue weighted by atomic mass is 10.1. The molecule has 1 aromatic carbocycles. The van der Waals surface area contributed by atoms with Gasteiger partial charge in [0.2, 0.25) is 5.91 Å². The highest BCUT2D eigenvalue weighted by Gasteiger charge is 2.21. The van der Waals surface area contributed by atoms with E-state index in [4.69, 9.17) is 5.73 Å². The van der Waals surface area contributed by atoms with Crippen molar-refractivity contribution >= 4 is 16.8 Å². The van der Waals surface area contributed by atoms with Gasteiger partial charge < -0.3 is 15.2 Å². The van der Waals surface area contributed by atoms with Crippen molar-refractivity contribution < 1.29 is 4.79 Å². The van der Waals surface area contributed by atoms with Crippen LogP contribution in [0.3, 0.4) is 0 Å². The predicted octanol–water partition coefficient (Wildman–Crippen LogP) is 2.67. The number of hydrogen-bond acceptors (Lipinski definition) is 2. The molecule has 0 saturated heterocycles. The molecule has 0 bridgehead atoms. The van der Waals surface area contributed by atoms with Gasteiger partial charge in [0.25, 0.3) is 0 Å². The molecule has 0 atom stereocenters. The van der Waals surface area contributed by atoms with E-state index in [1.54, 1.807) is 0 Å². The molecule has 118 valence electrons. The van der Waals surface area contributed by atoms with E-state index in [-0.39, 0.29) is 5.91 Å². The number of aromatic nitrogens is 1. The van der Waals surface area contributed by atoms with Crippen LogP contribution in [-0.4, -0.2) is 29.0 Å². The van der Waals surface area contributed by atoms with Crippen molar-refractivity contribution in [1.29, 1.82) is 0 Å². The van der Waals surface area contributed by atoms with Gasteiger partial charge in [-0.15, -0.1) is 0 Å². The summed E-state index contributed by atoms with van der Waals surface area (Å²) in [6, 6.07) is 8.74. The van der Waals surface area contributed by atoms with Crippen LogP contribution in [0.15, 0.2) is 24.3 Å². The van der Waals surface area contributed by atoms with E-state index in [0.29, 0.717) is 6.42 Å². The smallest absolute Gasteiger partial charge is 0.217 e. The van der Waals surface area contributed by atoms with Crippen molar-refractivity contribution in [3.05, 3.63) is 35.5 Å². The van der Waals surface area contributed by atoms with Gasteiger partial charge in [-0.1, -0.05) is 24.6 Å². The first-order chi connectivity index (χ1) is 10.7. The molecule has 1 aliphatic rings. The van der Waals surface area contributed by atoms with Crippen molar-refractivity contribution in [2.45, 2.75) is 45.2 Å². The summed E-state index contributed by atoms with van der Waals surface area (Å²) in [4.78, 5) is 13.2. The Morgan fingerprint density at radius 3 is 2.86 bits per heavy atom. The second kappa shape index (κ2) is 6.53. The molecule has 0 saturated carbocycles. The van der Waals surface area contributed by atoms with Crippen molar-refractivity contribution in [2.24, 2.45) is 5.73 Å². The monoisotopic (exact) mass is 299 g/mol. The lowest BCUT2D eigenvalue weighted by molar-refractivity contribution is -0.118. The Morgan fingerprint density at radius 1 is 1.23 bits per heavy atom. The maximum atomic E-state index is 10.8. The summed E-state index contributed by atoms with van der Waals surface area (Å²) in [6.45, 7) is 3.22. The molecule has 0 aliphatic carbocycles. The zero-order chi connectivity index (χ0) is 15.5. The van der Waals surface area contributed by atoms with E-state index < -0.39 is 0 Å². The summed E-state index contributed by atoms with van der Waals surface area (Å²) in [6.07, 6.45) is 4.70. The van der Waals surface area contributed by atoms with Crippen LogP contribution in [0.4, 0.5) is 0 Å². The molecule has 2 N–H and O–H groups in total. The number of carbonyl (C=O) groups excluding carboxylic acids is 1. The Balaban J connectivity index is 1.78. The van der Waals surface area contributed by atoms with Crippen LogP contribution in [0.2, 0.25) is 0 Å². The minimum Gasteiger partial charge on any atom is -0.370 e. The molecule has 4 nitrogen and oxygen atoms in total. The van der Waals surface area contributed by atoms with Gasteiger partial charge in [0, 0.05) is 49.1 Å². The largest absolute Gasteiger partial charge is 0.370 e. The highest BCUT2D eigenvalue weighted by Crippen LogP contribution is 2.30. The Labute approximate surface area is 131 Å². The van der Waals surface area contributed by atoms with Crippen molar-refractivity contribution in [3.63, 3.8) is 0 Å². The molecule has 0 unspecified atom stereocenters. The van der Waals surface area contributed by atoms with E-state index in [9.17, 15) is 4.79 Å². The molecular formula is C18H25N3O. The average molecular weight is 299 g/mol. The number of likely N-dealkylation sites (N-methyl/N-ethyl adjacent to an activating group) is 1. The van der Waals surface area contributed by atoms with Gasteiger partial charge in [0.1, 0.15) is 0 Å². The number of aryl methyl sites for hydroxylation is 1. The molecule has 2 aromatic rings. The highest BCUT2D eigenvalue weighted by atomic mass is 16.1. The fraction of sp³-hybridized carbons (Fsp3) is 0.500. The second-order valence-corrected chi connectivity index (χ2v) is 6.36. The number of rotatable bonds is 6. The quantitative estimate of drug-likeness (QED) is 0.834. The van der Waals surface area contributed by atoms with Gasteiger partial charge in [-0.05, 0) is 31.5 Å². The van der Waals surface area contributed by atoms with Crippen molar-refractivity contribution in [3.8, 4) is 0 Å². The molecule has 0 fully saturated rings. The zero-order valence-electron chi connectivity index (χ0n) is 13.3. The lowest BCUT2D eigenvalue weighted by Gasteiger charge is -2.24. The van der Waals surface area contributed by atoms with Crippen LogP contribution in [0, 0.1) is 0 Å². The third-order valence-corrected chi connectivity index (χ3v) is 4.66. The third kappa shape index (κ3) is 3.02. The average Bonchev–Trinajstić information content (AvgIpc) is 2.80.